The largest absolute Gasteiger partial charge is 0.444 e. The van der Waals surface area contributed by atoms with E-state index in [1.54, 1.807) is 11.1 Å². The van der Waals surface area contributed by atoms with E-state index in [0.717, 1.165) is 15.9 Å². The summed E-state index contributed by atoms with van der Waals surface area (Å²) < 4.78 is 6.08. The lowest BCUT2D eigenvalue weighted by atomic mass is 10.2. The Bertz CT molecular complexity index is 1140. The lowest BCUT2D eigenvalue weighted by Gasteiger charge is -2.22. The predicted octanol–water partition coefficient (Wildman–Crippen LogP) is 4.00. The first-order valence-corrected chi connectivity index (χ1v) is 11.8. The fraction of sp³-hybridized carbons (Fsp3) is 0.435. The van der Waals surface area contributed by atoms with Gasteiger partial charge in [-0.15, -0.1) is 11.3 Å². The van der Waals surface area contributed by atoms with E-state index in [9.17, 15) is 9.59 Å². The number of rotatable bonds is 5. The molecule has 0 bridgehead atoms. The molecular formula is C23H28N6O3S. The molecule has 2 atom stereocenters. The van der Waals surface area contributed by atoms with Crippen LogP contribution in [-0.2, 0) is 4.74 Å². The summed E-state index contributed by atoms with van der Waals surface area (Å²) in [6.45, 7) is 8.36. The fourth-order valence-corrected chi connectivity index (χ4v) is 4.47. The van der Waals surface area contributed by atoms with Gasteiger partial charge >= 0.3 is 6.09 Å². The molecule has 0 radical (unpaired) electrons. The van der Waals surface area contributed by atoms with E-state index < -0.39 is 11.7 Å². The monoisotopic (exact) mass is 468 g/mol. The number of thiophene rings is 1. The highest BCUT2D eigenvalue weighted by Gasteiger charge is 2.31. The van der Waals surface area contributed by atoms with Gasteiger partial charge in [0, 0.05) is 19.3 Å². The summed E-state index contributed by atoms with van der Waals surface area (Å²) in [6.07, 6.45) is 1.92. The quantitative estimate of drug-likeness (QED) is 0.582. The van der Waals surface area contributed by atoms with Crippen LogP contribution in [0.3, 0.4) is 0 Å². The van der Waals surface area contributed by atoms with Gasteiger partial charge in [-0.05, 0) is 57.7 Å². The van der Waals surface area contributed by atoms with E-state index in [4.69, 9.17) is 4.74 Å². The number of carbonyl (C=O) groups is 2. The van der Waals surface area contributed by atoms with E-state index in [-0.39, 0.29) is 18.0 Å². The standard InChI is InChI=1S/C23H28N6O3S/c1-14(16-7-5-6-10-24-16)25-21-27-17-9-12-33-19(17)18(28-21)20(30)29-11-8-15(13-29)26-22(31)32-23(2,3)4/h5-7,9-10,12,14-15H,8,11,13H2,1-4H3,(H,26,31)(H,25,27,28)/t14?,15-/m0/s1. The summed E-state index contributed by atoms with van der Waals surface area (Å²) >= 11 is 1.44. The Morgan fingerprint density at radius 3 is 2.79 bits per heavy atom. The van der Waals surface area contributed by atoms with Gasteiger partial charge in [-0.1, -0.05) is 6.07 Å². The Balaban J connectivity index is 1.49. The third kappa shape index (κ3) is 5.57. The number of nitrogens with one attached hydrogen (secondary N) is 2. The van der Waals surface area contributed by atoms with Crippen LogP contribution in [0.4, 0.5) is 10.7 Å². The lowest BCUT2D eigenvalue weighted by Crippen LogP contribution is -2.41. The van der Waals surface area contributed by atoms with Crippen molar-refractivity contribution in [3.05, 3.63) is 47.2 Å². The molecular weight excluding hydrogens is 440 g/mol. The second-order valence-corrected chi connectivity index (χ2v) is 9.95. The normalized spacial score (nSPS) is 17.1. The Morgan fingerprint density at radius 1 is 1.24 bits per heavy atom. The third-order valence-electron chi connectivity index (χ3n) is 5.18. The third-order valence-corrected chi connectivity index (χ3v) is 6.09. The van der Waals surface area contributed by atoms with Crippen molar-refractivity contribution in [1.82, 2.24) is 25.2 Å². The molecule has 1 saturated heterocycles. The summed E-state index contributed by atoms with van der Waals surface area (Å²) in [7, 11) is 0. The van der Waals surface area contributed by atoms with Crippen molar-refractivity contribution in [3.8, 4) is 0 Å². The smallest absolute Gasteiger partial charge is 0.407 e. The number of anilines is 1. The lowest BCUT2D eigenvalue weighted by molar-refractivity contribution is 0.0502. The number of alkyl carbamates (subject to hydrolysis) is 1. The number of hydrogen-bond acceptors (Lipinski definition) is 8. The summed E-state index contributed by atoms with van der Waals surface area (Å²) in [5.41, 5.74) is 1.37. The maximum absolute atomic E-state index is 13.4. The van der Waals surface area contributed by atoms with Crippen molar-refractivity contribution in [2.45, 2.75) is 51.8 Å². The van der Waals surface area contributed by atoms with Gasteiger partial charge in [-0.25, -0.2) is 14.8 Å². The molecule has 10 heteroatoms. The highest BCUT2D eigenvalue weighted by Crippen LogP contribution is 2.27. The first-order valence-electron chi connectivity index (χ1n) is 10.9. The second-order valence-electron chi connectivity index (χ2n) is 9.03. The number of pyridine rings is 1. The van der Waals surface area contributed by atoms with Crippen molar-refractivity contribution in [3.63, 3.8) is 0 Å². The summed E-state index contributed by atoms with van der Waals surface area (Å²) in [4.78, 5) is 40.7. The molecule has 2 N–H and O–H groups in total. The van der Waals surface area contributed by atoms with Gasteiger partial charge in [0.25, 0.3) is 5.91 Å². The van der Waals surface area contributed by atoms with Crippen LogP contribution in [0.25, 0.3) is 10.2 Å². The topological polar surface area (TPSA) is 109 Å². The molecule has 1 fully saturated rings. The van der Waals surface area contributed by atoms with Crippen LogP contribution in [-0.4, -0.2) is 56.6 Å². The van der Waals surface area contributed by atoms with Gasteiger partial charge in [0.05, 0.1) is 28.0 Å². The molecule has 174 valence electrons. The highest BCUT2D eigenvalue weighted by atomic mass is 32.1. The van der Waals surface area contributed by atoms with Gasteiger partial charge in [0.15, 0.2) is 5.69 Å². The molecule has 3 aromatic heterocycles. The average Bonchev–Trinajstić information content (AvgIpc) is 3.41. The van der Waals surface area contributed by atoms with Crippen LogP contribution in [0, 0.1) is 0 Å². The summed E-state index contributed by atoms with van der Waals surface area (Å²) in [6, 6.07) is 7.31. The number of ether oxygens (including phenoxy) is 1. The second kappa shape index (κ2) is 9.30. The number of hydrogen-bond donors (Lipinski definition) is 2. The molecule has 1 unspecified atom stereocenters. The van der Waals surface area contributed by atoms with Crippen molar-refractivity contribution >= 4 is 39.5 Å². The maximum Gasteiger partial charge on any atom is 0.407 e. The molecule has 0 spiro atoms. The molecule has 2 amide bonds. The van der Waals surface area contributed by atoms with Gasteiger partial charge < -0.3 is 20.3 Å². The first-order chi connectivity index (χ1) is 15.7. The van der Waals surface area contributed by atoms with Crippen molar-refractivity contribution in [1.29, 1.82) is 0 Å². The van der Waals surface area contributed by atoms with E-state index >= 15 is 0 Å². The van der Waals surface area contributed by atoms with Gasteiger partial charge in [-0.3, -0.25) is 9.78 Å². The van der Waals surface area contributed by atoms with Crippen molar-refractivity contribution in [2.75, 3.05) is 18.4 Å². The molecule has 4 rings (SSSR count). The Kier molecular flexibility index (Phi) is 6.46. The molecule has 4 heterocycles. The fourth-order valence-electron chi connectivity index (χ4n) is 3.66. The van der Waals surface area contributed by atoms with E-state index in [1.165, 1.54) is 11.3 Å². The molecule has 3 aromatic rings. The minimum atomic E-state index is -0.570. The first kappa shape index (κ1) is 22.9. The Hall–Kier alpha value is -3.27. The zero-order chi connectivity index (χ0) is 23.6. The minimum Gasteiger partial charge on any atom is -0.444 e. The van der Waals surface area contributed by atoms with E-state index in [0.29, 0.717) is 31.2 Å². The number of likely N-dealkylation sites (tertiary alicyclic amines) is 1. The van der Waals surface area contributed by atoms with Crippen LogP contribution < -0.4 is 10.6 Å². The predicted molar refractivity (Wildman–Crippen MR) is 127 cm³/mol. The Labute approximate surface area is 196 Å². The number of aromatic nitrogens is 3. The zero-order valence-electron chi connectivity index (χ0n) is 19.2. The summed E-state index contributed by atoms with van der Waals surface area (Å²) in [5.74, 6) is 0.205. The molecule has 1 aliphatic rings. The highest BCUT2D eigenvalue weighted by molar-refractivity contribution is 7.17. The van der Waals surface area contributed by atoms with Crippen LogP contribution in [0.1, 0.15) is 56.3 Å². The van der Waals surface area contributed by atoms with Crippen molar-refractivity contribution < 1.29 is 14.3 Å². The molecule has 33 heavy (non-hydrogen) atoms. The number of carbonyl (C=O) groups excluding carboxylic acids is 2. The van der Waals surface area contributed by atoms with Gasteiger partial charge in [-0.2, -0.15) is 0 Å². The SMILES string of the molecule is CC(Nc1nc(C(=O)N2CC[C@H](NC(=O)OC(C)(C)C)C2)c2sccc2n1)c1ccccn1. The van der Waals surface area contributed by atoms with E-state index in [2.05, 4.69) is 25.6 Å². The van der Waals surface area contributed by atoms with E-state index in [1.807, 2.05) is 57.3 Å². The molecule has 0 saturated carbocycles. The number of nitrogens with zero attached hydrogens (tertiary/aromatic N) is 4. The van der Waals surface area contributed by atoms with Crippen LogP contribution in [0.15, 0.2) is 35.8 Å². The number of amides is 2. The maximum atomic E-state index is 13.4. The molecule has 0 aliphatic carbocycles. The number of fused-ring (bicyclic) bond motifs is 1. The zero-order valence-corrected chi connectivity index (χ0v) is 20.0. The minimum absolute atomic E-state index is 0.126. The van der Waals surface area contributed by atoms with Crippen molar-refractivity contribution in [2.24, 2.45) is 0 Å². The average molecular weight is 469 g/mol. The van der Waals surface area contributed by atoms with Crippen LogP contribution in [0.5, 0.6) is 0 Å². The Morgan fingerprint density at radius 2 is 2.06 bits per heavy atom. The molecule has 0 aromatic carbocycles. The van der Waals surface area contributed by atoms with Gasteiger partial charge in [0.1, 0.15) is 5.60 Å². The van der Waals surface area contributed by atoms with Crippen LogP contribution in [0.2, 0.25) is 0 Å². The molecule has 1 aliphatic heterocycles. The van der Waals surface area contributed by atoms with Crippen LogP contribution >= 0.6 is 11.3 Å². The summed E-state index contributed by atoms with van der Waals surface area (Å²) in [5, 5.41) is 8.01. The van der Waals surface area contributed by atoms with Gasteiger partial charge in [0.2, 0.25) is 5.95 Å². The molecule has 9 nitrogen and oxygen atoms in total.